The van der Waals surface area contributed by atoms with Gasteiger partial charge in [-0.15, -0.1) is 11.3 Å². The van der Waals surface area contributed by atoms with Crippen molar-refractivity contribution in [3.05, 3.63) is 52.2 Å². The first kappa shape index (κ1) is 15.8. The Morgan fingerprint density at radius 1 is 1.26 bits per heavy atom. The molecule has 3 rings (SSSR count). The van der Waals surface area contributed by atoms with Crippen LogP contribution in [0.25, 0.3) is 10.2 Å². The highest BCUT2D eigenvalue weighted by Gasteiger charge is 2.19. The number of aliphatic hydroxyl groups is 1. The number of hydrogen-bond donors (Lipinski definition) is 2. The third-order valence-corrected chi connectivity index (χ3v) is 4.55. The molecule has 0 amide bonds. The summed E-state index contributed by atoms with van der Waals surface area (Å²) in [6.07, 6.45) is 0. The fourth-order valence-electron chi connectivity index (χ4n) is 2.47. The molecule has 23 heavy (non-hydrogen) atoms. The molecule has 1 aromatic carbocycles. The van der Waals surface area contributed by atoms with Crippen molar-refractivity contribution in [1.82, 2.24) is 9.97 Å². The van der Waals surface area contributed by atoms with Gasteiger partial charge in [-0.1, -0.05) is 6.07 Å². The van der Waals surface area contributed by atoms with Gasteiger partial charge in [-0.2, -0.15) is 0 Å². The minimum absolute atomic E-state index is 0.186. The number of thiophene rings is 1. The van der Waals surface area contributed by atoms with Gasteiger partial charge in [0.05, 0.1) is 18.0 Å². The molecule has 0 aliphatic rings. The zero-order chi connectivity index (χ0) is 16.6. The molecule has 2 heterocycles. The smallest absolute Gasteiger partial charge is 0.139 e. The van der Waals surface area contributed by atoms with Gasteiger partial charge in [-0.05, 0) is 30.9 Å². The Balaban J connectivity index is 2.04. The highest BCUT2D eigenvalue weighted by molar-refractivity contribution is 7.17. The second kappa shape index (κ2) is 6.17. The molecule has 0 aliphatic carbocycles. The van der Waals surface area contributed by atoms with E-state index in [1.807, 2.05) is 12.3 Å². The van der Waals surface area contributed by atoms with Crippen molar-refractivity contribution in [3.63, 3.8) is 0 Å². The lowest BCUT2D eigenvalue weighted by Crippen LogP contribution is -2.18. The number of aryl methyl sites for hydroxylation is 2. The van der Waals surface area contributed by atoms with Gasteiger partial charge in [0.15, 0.2) is 0 Å². The molecule has 0 saturated carbocycles. The van der Waals surface area contributed by atoms with Crippen molar-refractivity contribution in [3.8, 4) is 0 Å². The van der Waals surface area contributed by atoms with Crippen LogP contribution in [0.1, 0.15) is 23.0 Å². The van der Waals surface area contributed by atoms with Crippen molar-refractivity contribution >= 4 is 27.4 Å². The van der Waals surface area contributed by atoms with Crippen LogP contribution in [0.2, 0.25) is 0 Å². The summed E-state index contributed by atoms with van der Waals surface area (Å²) in [6.45, 7) is 3.36. The molecule has 0 saturated heterocycles. The van der Waals surface area contributed by atoms with Crippen molar-refractivity contribution in [1.29, 1.82) is 0 Å². The molecule has 2 N–H and O–H groups in total. The van der Waals surface area contributed by atoms with Crippen LogP contribution in [0, 0.1) is 25.5 Å². The van der Waals surface area contributed by atoms with E-state index in [1.165, 1.54) is 23.5 Å². The summed E-state index contributed by atoms with van der Waals surface area (Å²) in [5, 5.41) is 15.5. The first-order valence-electron chi connectivity index (χ1n) is 7.04. The van der Waals surface area contributed by atoms with Gasteiger partial charge >= 0.3 is 0 Å². The maximum atomic E-state index is 14.0. The van der Waals surface area contributed by atoms with Crippen molar-refractivity contribution in [2.75, 3.05) is 11.9 Å². The molecule has 0 radical (unpaired) electrons. The van der Waals surface area contributed by atoms with Crippen molar-refractivity contribution in [2.45, 2.75) is 19.9 Å². The molecule has 120 valence electrons. The number of aliphatic hydroxyl groups excluding tert-OH is 1. The lowest BCUT2D eigenvalue weighted by molar-refractivity contribution is 0.273. The van der Waals surface area contributed by atoms with Gasteiger partial charge < -0.3 is 10.4 Å². The lowest BCUT2D eigenvalue weighted by atomic mass is 10.1. The molecule has 2 aromatic heterocycles. The number of rotatable bonds is 4. The summed E-state index contributed by atoms with van der Waals surface area (Å²) in [6, 6.07) is 2.56. The number of nitrogens with one attached hydrogen (secondary N) is 1. The van der Waals surface area contributed by atoms with Crippen LogP contribution < -0.4 is 5.32 Å². The molecule has 0 spiro atoms. The molecule has 7 heteroatoms. The Hall–Kier alpha value is -2.12. The summed E-state index contributed by atoms with van der Waals surface area (Å²) >= 11 is 1.50. The van der Waals surface area contributed by atoms with E-state index in [4.69, 9.17) is 0 Å². The van der Waals surface area contributed by atoms with E-state index >= 15 is 0 Å². The molecular formula is C16H15F2N3OS. The van der Waals surface area contributed by atoms with Crippen molar-refractivity contribution in [2.24, 2.45) is 0 Å². The van der Waals surface area contributed by atoms with E-state index in [0.717, 1.165) is 21.8 Å². The fraction of sp³-hybridized carbons (Fsp3) is 0.250. The van der Waals surface area contributed by atoms with Crippen LogP contribution in [0.15, 0.2) is 23.6 Å². The Kier molecular flexibility index (Phi) is 4.23. The second-order valence-corrected chi connectivity index (χ2v) is 6.12. The Morgan fingerprint density at radius 2 is 2.04 bits per heavy atom. The Bertz CT molecular complexity index is 866. The summed E-state index contributed by atoms with van der Waals surface area (Å²) in [7, 11) is 0. The van der Waals surface area contributed by atoms with Gasteiger partial charge in [-0.3, -0.25) is 0 Å². The van der Waals surface area contributed by atoms with Crippen LogP contribution in [0.4, 0.5) is 14.6 Å². The third kappa shape index (κ3) is 3.02. The predicted octanol–water partition coefficient (Wildman–Crippen LogP) is 3.73. The number of halogens is 2. The summed E-state index contributed by atoms with van der Waals surface area (Å²) < 4.78 is 27.1. The first-order valence-corrected chi connectivity index (χ1v) is 7.92. The molecule has 0 unspecified atom stereocenters. The largest absolute Gasteiger partial charge is 0.394 e. The standard InChI is InChI=1S/C16H15F2N3OS/c1-8-7-23-16-14(8)15(19-9(2)20-16)21-13(6-22)11-4-3-10(17)5-12(11)18/h3-5,7,13,22H,6H2,1-2H3,(H,19,20,21)/t13-/m0/s1. The average molecular weight is 335 g/mol. The van der Waals surface area contributed by atoms with E-state index in [9.17, 15) is 13.9 Å². The number of anilines is 1. The van der Waals surface area contributed by atoms with Crippen LogP contribution in [-0.2, 0) is 0 Å². The van der Waals surface area contributed by atoms with Gasteiger partial charge in [0.1, 0.15) is 28.1 Å². The number of benzene rings is 1. The predicted molar refractivity (Wildman–Crippen MR) is 86.7 cm³/mol. The number of hydrogen-bond acceptors (Lipinski definition) is 5. The normalized spacial score (nSPS) is 12.6. The third-order valence-electron chi connectivity index (χ3n) is 3.56. The molecule has 0 bridgehead atoms. The summed E-state index contributed by atoms with van der Waals surface area (Å²) in [4.78, 5) is 9.57. The monoisotopic (exact) mass is 335 g/mol. The lowest BCUT2D eigenvalue weighted by Gasteiger charge is -2.19. The minimum atomic E-state index is -0.729. The second-order valence-electron chi connectivity index (χ2n) is 5.26. The van der Waals surface area contributed by atoms with Gasteiger partial charge in [0.2, 0.25) is 0 Å². The fourth-order valence-corrected chi connectivity index (χ4v) is 3.43. The first-order chi connectivity index (χ1) is 11.0. The Morgan fingerprint density at radius 3 is 2.74 bits per heavy atom. The highest BCUT2D eigenvalue weighted by atomic mass is 32.1. The number of nitrogens with zero attached hydrogens (tertiary/aromatic N) is 2. The zero-order valence-electron chi connectivity index (χ0n) is 12.6. The van der Waals surface area contributed by atoms with E-state index in [1.54, 1.807) is 6.92 Å². The molecule has 3 aromatic rings. The van der Waals surface area contributed by atoms with Gasteiger partial charge in [-0.25, -0.2) is 18.7 Å². The highest BCUT2D eigenvalue weighted by Crippen LogP contribution is 2.31. The van der Waals surface area contributed by atoms with E-state index in [0.29, 0.717) is 11.6 Å². The summed E-state index contributed by atoms with van der Waals surface area (Å²) in [5.41, 5.74) is 1.19. The quantitative estimate of drug-likeness (QED) is 0.763. The molecular weight excluding hydrogens is 320 g/mol. The Labute approximate surface area is 135 Å². The molecule has 0 aliphatic heterocycles. The maximum Gasteiger partial charge on any atom is 0.139 e. The SMILES string of the molecule is Cc1nc(N[C@@H](CO)c2ccc(F)cc2F)c2c(C)csc2n1. The van der Waals surface area contributed by atoms with Crippen LogP contribution in [-0.4, -0.2) is 21.7 Å². The van der Waals surface area contributed by atoms with Crippen LogP contribution in [0.5, 0.6) is 0 Å². The van der Waals surface area contributed by atoms with Crippen LogP contribution >= 0.6 is 11.3 Å². The van der Waals surface area contributed by atoms with Gasteiger partial charge in [0, 0.05) is 11.6 Å². The zero-order valence-corrected chi connectivity index (χ0v) is 13.4. The van der Waals surface area contributed by atoms with E-state index in [2.05, 4.69) is 15.3 Å². The molecule has 1 atom stereocenters. The van der Waals surface area contributed by atoms with Crippen molar-refractivity contribution < 1.29 is 13.9 Å². The minimum Gasteiger partial charge on any atom is -0.394 e. The van der Waals surface area contributed by atoms with E-state index in [-0.39, 0.29) is 12.2 Å². The number of aromatic nitrogens is 2. The van der Waals surface area contributed by atoms with Gasteiger partial charge in [0.25, 0.3) is 0 Å². The average Bonchev–Trinajstić information content (AvgIpc) is 2.86. The molecule has 0 fully saturated rings. The summed E-state index contributed by atoms with van der Waals surface area (Å²) in [5.74, 6) is -0.246. The van der Waals surface area contributed by atoms with E-state index < -0.39 is 17.7 Å². The number of fused-ring (bicyclic) bond motifs is 1. The molecule has 4 nitrogen and oxygen atoms in total. The van der Waals surface area contributed by atoms with Crippen LogP contribution in [0.3, 0.4) is 0 Å². The topological polar surface area (TPSA) is 58.0 Å². The maximum absolute atomic E-state index is 14.0.